The lowest BCUT2D eigenvalue weighted by atomic mass is 10.1. The van der Waals surface area contributed by atoms with E-state index in [4.69, 9.17) is 4.74 Å². The molecule has 94 valence electrons. The van der Waals surface area contributed by atoms with Crippen molar-refractivity contribution in [3.05, 3.63) is 51.8 Å². The molecule has 19 heavy (non-hydrogen) atoms. The SMILES string of the molecule is CCOC(=O)C=c1c(=O)c2cccc3cccc1c32. The molecule has 0 aliphatic heterocycles. The minimum absolute atomic E-state index is 0.111. The van der Waals surface area contributed by atoms with Crippen molar-refractivity contribution in [3.8, 4) is 0 Å². The second-order valence-corrected chi connectivity index (χ2v) is 4.35. The number of rotatable bonds is 2. The Morgan fingerprint density at radius 3 is 2.53 bits per heavy atom. The molecule has 3 nitrogen and oxygen atoms in total. The Labute approximate surface area is 109 Å². The van der Waals surface area contributed by atoms with Gasteiger partial charge in [0.1, 0.15) is 0 Å². The summed E-state index contributed by atoms with van der Waals surface area (Å²) in [5.74, 6) is -0.476. The van der Waals surface area contributed by atoms with Gasteiger partial charge in [-0.05, 0) is 17.7 Å². The summed E-state index contributed by atoms with van der Waals surface area (Å²) in [4.78, 5) is 23.9. The number of ether oxygens (including phenoxy) is 1. The highest BCUT2D eigenvalue weighted by atomic mass is 16.5. The molecule has 0 saturated carbocycles. The number of hydrogen-bond acceptors (Lipinski definition) is 3. The van der Waals surface area contributed by atoms with Gasteiger partial charge in [-0.1, -0.05) is 36.4 Å². The van der Waals surface area contributed by atoms with E-state index in [0.29, 0.717) is 17.2 Å². The third kappa shape index (κ3) is 1.74. The Bertz CT molecular complexity index is 859. The highest BCUT2D eigenvalue weighted by Gasteiger charge is 2.11. The first kappa shape index (κ1) is 11.7. The molecule has 0 bridgehead atoms. The fraction of sp³-hybridized carbons (Fsp3) is 0.125. The number of carbonyl (C=O) groups is 1. The molecule has 0 aliphatic carbocycles. The number of esters is 1. The van der Waals surface area contributed by atoms with Crippen LogP contribution in [0.4, 0.5) is 0 Å². The van der Waals surface area contributed by atoms with E-state index in [1.807, 2.05) is 30.3 Å². The Morgan fingerprint density at radius 1 is 1.16 bits per heavy atom. The molecule has 0 fully saturated rings. The van der Waals surface area contributed by atoms with Crippen LogP contribution in [-0.2, 0) is 9.53 Å². The maximum atomic E-state index is 12.3. The summed E-state index contributed by atoms with van der Waals surface area (Å²) in [6.45, 7) is 2.04. The smallest absolute Gasteiger partial charge is 0.331 e. The van der Waals surface area contributed by atoms with E-state index in [1.54, 1.807) is 13.0 Å². The number of carbonyl (C=O) groups excluding carboxylic acids is 1. The van der Waals surface area contributed by atoms with E-state index in [0.717, 1.165) is 16.2 Å². The zero-order valence-corrected chi connectivity index (χ0v) is 10.5. The van der Waals surface area contributed by atoms with Crippen molar-refractivity contribution in [2.24, 2.45) is 0 Å². The first-order chi connectivity index (χ1) is 9.22. The van der Waals surface area contributed by atoms with Crippen LogP contribution in [0.1, 0.15) is 6.92 Å². The molecule has 3 aromatic rings. The first-order valence-corrected chi connectivity index (χ1v) is 6.17. The third-order valence-corrected chi connectivity index (χ3v) is 3.23. The van der Waals surface area contributed by atoms with Gasteiger partial charge in [0.2, 0.25) is 0 Å². The third-order valence-electron chi connectivity index (χ3n) is 3.23. The van der Waals surface area contributed by atoms with Crippen LogP contribution < -0.4 is 10.6 Å². The van der Waals surface area contributed by atoms with E-state index in [1.165, 1.54) is 6.08 Å². The summed E-state index contributed by atoms with van der Waals surface area (Å²) < 4.78 is 4.88. The van der Waals surface area contributed by atoms with E-state index in [9.17, 15) is 9.59 Å². The summed E-state index contributed by atoms with van der Waals surface area (Å²) in [5, 5.41) is 3.82. The molecule has 0 spiro atoms. The van der Waals surface area contributed by atoms with Crippen molar-refractivity contribution in [2.45, 2.75) is 6.92 Å². The van der Waals surface area contributed by atoms with E-state index < -0.39 is 5.97 Å². The lowest BCUT2D eigenvalue weighted by molar-refractivity contribution is -0.135. The highest BCUT2D eigenvalue weighted by Crippen LogP contribution is 2.22. The molecule has 0 N–H and O–H groups in total. The first-order valence-electron chi connectivity index (χ1n) is 6.17. The van der Waals surface area contributed by atoms with Gasteiger partial charge in [-0.3, -0.25) is 4.79 Å². The fourth-order valence-electron chi connectivity index (χ4n) is 2.47. The van der Waals surface area contributed by atoms with Crippen molar-refractivity contribution in [1.82, 2.24) is 0 Å². The lowest BCUT2D eigenvalue weighted by Crippen LogP contribution is -2.21. The average molecular weight is 252 g/mol. The Hall–Kier alpha value is -2.42. The van der Waals surface area contributed by atoms with Crippen LogP contribution in [0.15, 0.2) is 41.2 Å². The van der Waals surface area contributed by atoms with Gasteiger partial charge in [-0.25, -0.2) is 4.79 Å². The van der Waals surface area contributed by atoms with Gasteiger partial charge in [0.15, 0.2) is 5.43 Å². The largest absolute Gasteiger partial charge is 0.463 e. The minimum Gasteiger partial charge on any atom is -0.463 e. The molecular weight excluding hydrogens is 240 g/mol. The molecule has 0 radical (unpaired) electrons. The molecule has 0 aliphatic rings. The van der Waals surface area contributed by atoms with Gasteiger partial charge in [0.05, 0.1) is 6.61 Å². The second kappa shape index (κ2) is 4.35. The highest BCUT2D eigenvalue weighted by molar-refractivity contribution is 6.14. The second-order valence-electron chi connectivity index (χ2n) is 4.35. The molecule has 0 heterocycles. The van der Waals surface area contributed by atoms with Crippen LogP contribution in [-0.4, -0.2) is 12.6 Å². The summed E-state index contributed by atoms with van der Waals surface area (Å²) in [6, 6.07) is 11.3. The zero-order valence-electron chi connectivity index (χ0n) is 10.5. The molecule has 0 amide bonds. The van der Waals surface area contributed by atoms with Crippen LogP contribution in [0.3, 0.4) is 0 Å². The van der Waals surface area contributed by atoms with Crippen molar-refractivity contribution in [1.29, 1.82) is 0 Å². The molecule has 3 heteroatoms. The molecule has 0 aromatic heterocycles. The lowest BCUT2D eigenvalue weighted by Gasteiger charge is -1.96. The van der Waals surface area contributed by atoms with Gasteiger partial charge >= 0.3 is 5.97 Å². The monoisotopic (exact) mass is 252 g/mol. The Morgan fingerprint density at radius 2 is 1.84 bits per heavy atom. The topological polar surface area (TPSA) is 43.4 Å². The van der Waals surface area contributed by atoms with Crippen molar-refractivity contribution in [3.63, 3.8) is 0 Å². The molecule has 3 rings (SSSR count). The zero-order chi connectivity index (χ0) is 13.4. The van der Waals surface area contributed by atoms with E-state index in [2.05, 4.69) is 0 Å². The Balaban J connectivity index is 2.43. The van der Waals surface area contributed by atoms with Crippen LogP contribution in [0.25, 0.3) is 27.6 Å². The minimum atomic E-state index is -0.476. The fourth-order valence-corrected chi connectivity index (χ4v) is 2.47. The van der Waals surface area contributed by atoms with Crippen LogP contribution >= 0.6 is 0 Å². The summed E-state index contributed by atoms with van der Waals surface area (Å²) >= 11 is 0. The maximum absolute atomic E-state index is 12.3. The van der Waals surface area contributed by atoms with Crippen LogP contribution in [0, 0.1) is 0 Å². The normalized spacial score (nSPS) is 12.4. The average Bonchev–Trinajstić information content (AvgIpc) is 2.68. The van der Waals surface area contributed by atoms with E-state index >= 15 is 0 Å². The number of hydrogen-bond donors (Lipinski definition) is 0. The summed E-state index contributed by atoms with van der Waals surface area (Å²) in [6.07, 6.45) is 1.29. The van der Waals surface area contributed by atoms with Crippen molar-refractivity contribution >= 4 is 33.6 Å². The molecule has 0 atom stereocenters. The predicted octanol–water partition coefficient (Wildman–Crippen LogP) is 1.85. The van der Waals surface area contributed by atoms with E-state index in [-0.39, 0.29) is 5.43 Å². The maximum Gasteiger partial charge on any atom is 0.331 e. The van der Waals surface area contributed by atoms with Crippen molar-refractivity contribution < 1.29 is 9.53 Å². The molecule has 3 aromatic carbocycles. The van der Waals surface area contributed by atoms with Crippen LogP contribution in [0.2, 0.25) is 0 Å². The Kier molecular flexibility index (Phi) is 2.67. The molecule has 0 saturated heterocycles. The quantitative estimate of drug-likeness (QED) is 0.654. The van der Waals surface area contributed by atoms with Gasteiger partial charge in [0.25, 0.3) is 0 Å². The van der Waals surface area contributed by atoms with Gasteiger partial charge in [-0.2, -0.15) is 0 Å². The molecule has 0 unspecified atom stereocenters. The van der Waals surface area contributed by atoms with Crippen molar-refractivity contribution in [2.75, 3.05) is 6.61 Å². The molecular formula is C16H12O3. The predicted molar refractivity (Wildman–Crippen MR) is 75.2 cm³/mol. The van der Waals surface area contributed by atoms with Gasteiger partial charge in [0, 0.05) is 22.1 Å². The van der Waals surface area contributed by atoms with Gasteiger partial charge < -0.3 is 4.74 Å². The standard InChI is InChI=1S/C16H12O3/c1-2-19-14(17)9-13-11-7-3-5-10-6-4-8-12(15(10)11)16(13)18/h3-9H,2H2,1H3. The van der Waals surface area contributed by atoms with Crippen LogP contribution in [0.5, 0.6) is 0 Å². The summed E-state index contributed by atoms with van der Waals surface area (Å²) in [7, 11) is 0. The number of benzene rings is 2. The van der Waals surface area contributed by atoms with Gasteiger partial charge in [-0.15, -0.1) is 0 Å². The summed E-state index contributed by atoms with van der Waals surface area (Å²) in [5.41, 5.74) is -0.111.